The Morgan fingerprint density at radius 3 is 2.00 bits per heavy atom. The van der Waals surface area contributed by atoms with Gasteiger partial charge in [-0.15, -0.1) is 0 Å². The van der Waals surface area contributed by atoms with Crippen molar-refractivity contribution in [2.75, 3.05) is 0 Å². The molecule has 0 radical (unpaired) electrons. The standard InChI is InChI=1S/C24H40O2/c1-2-15-22(16-9-4-3-5-14-21-24(25)26)17-10-6-7-11-18-23-19-12-8-13-20-23/h8,12-13,19-20,22H,2-7,9-11,14-18,21H2,1H3,(H,25,26). The summed E-state index contributed by atoms with van der Waals surface area (Å²) in [7, 11) is 0. The molecule has 0 amide bonds. The molecule has 26 heavy (non-hydrogen) atoms. The fourth-order valence-corrected chi connectivity index (χ4v) is 3.84. The second-order valence-corrected chi connectivity index (χ2v) is 7.79. The molecule has 1 unspecified atom stereocenters. The van der Waals surface area contributed by atoms with E-state index in [2.05, 4.69) is 37.3 Å². The number of aliphatic carboxylic acids is 1. The van der Waals surface area contributed by atoms with E-state index in [0.717, 1.165) is 18.8 Å². The fraction of sp³-hybridized carbons (Fsp3) is 0.708. The Hall–Kier alpha value is -1.31. The zero-order valence-corrected chi connectivity index (χ0v) is 16.9. The lowest BCUT2D eigenvalue weighted by Crippen LogP contribution is -2.01. The van der Waals surface area contributed by atoms with Gasteiger partial charge in [-0.05, 0) is 30.7 Å². The molecule has 0 spiro atoms. The van der Waals surface area contributed by atoms with Gasteiger partial charge in [0.25, 0.3) is 0 Å². The van der Waals surface area contributed by atoms with E-state index in [1.807, 2.05) is 0 Å². The number of aryl methyl sites for hydroxylation is 1. The summed E-state index contributed by atoms with van der Waals surface area (Å²) in [5, 5.41) is 8.64. The lowest BCUT2D eigenvalue weighted by Gasteiger charge is -2.16. The van der Waals surface area contributed by atoms with Crippen molar-refractivity contribution >= 4 is 5.97 Å². The summed E-state index contributed by atoms with van der Waals surface area (Å²) in [5.74, 6) is 0.255. The van der Waals surface area contributed by atoms with Crippen LogP contribution in [-0.4, -0.2) is 11.1 Å². The predicted molar refractivity (Wildman–Crippen MR) is 112 cm³/mol. The van der Waals surface area contributed by atoms with Crippen molar-refractivity contribution in [1.29, 1.82) is 0 Å². The van der Waals surface area contributed by atoms with Crippen molar-refractivity contribution in [3.8, 4) is 0 Å². The first-order valence-corrected chi connectivity index (χ1v) is 11.0. The summed E-state index contributed by atoms with van der Waals surface area (Å²) in [6.45, 7) is 2.30. The minimum Gasteiger partial charge on any atom is -0.481 e. The lowest BCUT2D eigenvalue weighted by molar-refractivity contribution is -0.137. The van der Waals surface area contributed by atoms with E-state index in [4.69, 9.17) is 5.11 Å². The monoisotopic (exact) mass is 360 g/mol. The van der Waals surface area contributed by atoms with Crippen LogP contribution in [0.15, 0.2) is 30.3 Å². The van der Waals surface area contributed by atoms with Gasteiger partial charge in [0.2, 0.25) is 0 Å². The van der Waals surface area contributed by atoms with E-state index < -0.39 is 5.97 Å². The van der Waals surface area contributed by atoms with Crippen molar-refractivity contribution in [1.82, 2.24) is 0 Å². The number of carboxylic acids is 1. The first-order chi connectivity index (χ1) is 12.7. The molecule has 0 heterocycles. The molecule has 148 valence electrons. The van der Waals surface area contributed by atoms with Crippen LogP contribution in [0.3, 0.4) is 0 Å². The Balaban J connectivity index is 1.99. The highest BCUT2D eigenvalue weighted by Gasteiger charge is 2.07. The molecule has 1 aromatic rings. The average molecular weight is 361 g/mol. The highest BCUT2D eigenvalue weighted by Crippen LogP contribution is 2.23. The molecule has 0 aliphatic carbocycles. The number of unbranched alkanes of at least 4 members (excludes halogenated alkanes) is 7. The van der Waals surface area contributed by atoms with Gasteiger partial charge in [-0.2, -0.15) is 0 Å². The molecule has 0 aromatic heterocycles. The Bertz CT molecular complexity index is 441. The number of carboxylic acid groups (broad SMARTS) is 1. The quantitative estimate of drug-likeness (QED) is 0.294. The normalized spacial score (nSPS) is 12.2. The zero-order chi connectivity index (χ0) is 18.9. The largest absolute Gasteiger partial charge is 0.481 e. The van der Waals surface area contributed by atoms with Gasteiger partial charge in [-0.1, -0.05) is 108 Å². The van der Waals surface area contributed by atoms with Gasteiger partial charge >= 0.3 is 5.97 Å². The maximum atomic E-state index is 10.5. The Morgan fingerprint density at radius 2 is 1.38 bits per heavy atom. The molecule has 0 aliphatic heterocycles. The van der Waals surface area contributed by atoms with Gasteiger partial charge in [0.05, 0.1) is 0 Å². The van der Waals surface area contributed by atoms with Gasteiger partial charge in [0.15, 0.2) is 0 Å². The molecule has 1 N–H and O–H groups in total. The second-order valence-electron chi connectivity index (χ2n) is 7.79. The molecular formula is C24H40O2. The molecule has 0 bridgehead atoms. The first kappa shape index (κ1) is 22.7. The van der Waals surface area contributed by atoms with Crippen molar-refractivity contribution in [3.63, 3.8) is 0 Å². The van der Waals surface area contributed by atoms with E-state index in [1.165, 1.54) is 82.6 Å². The van der Waals surface area contributed by atoms with Crippen LogP contribution in [-0.2, 0) is 11.2 Å². The number of hydrogen-bond donors (Lipinski definition) is 1. The minimum atomic E-state index is -0.656. The summed E-state index contributed by atoms with van der Waals surface area (Å²) in [4.78, 5) is 10.5. The number of carbonyl (C=O) groups is 1. The molecule has 0 aliphatic rings. The third-order valence-corrected chi connectivity index (χ3v) is 5.37. The highest BCUT2D eigenvalue weighted by atomic mass is 16.4. The SMILES string of the molecule is CCCC(CCCCCCCC(=O)O)CCCCCCc1ccccc1. The maximum absolute atomic E-state index is 10.5. The smallest absolute Gasteiger partial charge is 0.303 e. The van der Waals surface area contributed by atoms with Gasteiger partial charge < -0.3 is 5.11 Å². The van der Waals surface area contributed by atoms with Crippen molar-refractivity contribution in [3.05, 3.63) is 35.9 Å². The van der Waals surface area contributed by atoms with Crippen molar-refractivity contribution in [2.45, 2.75) is 103 Å². The summed E-state index contributed by atoms with van der Waals surface area (Å²) in [6.07, 6.45) is 18.2. The Morgan fingerprint density at radius 1 is 0.808 bits per heavy atom. The molecule has 0 saturated heterocycles. The highest BCUT2D eigenvalue weighted by molar-refractivity contribution is 5.66. The first-order valence-electron chi connectivity index (χ1n) is 11.0. The van der Waals surface area contributed by atoms with E-state index in [1.54, 1.807) is 0 Å². The van der Waals surface area contributed by atoms with E-state index in [9.17, 15) is 4.79 Å². The molecule has 2 heteroatoms. The third-order valence-electron chi connectivity index (χ3n) is 5.37. The van der Waals surface area contributed by atoms with Crippen LogP contribution in [0.1, 0.15) is 102 Å². The topological polar surface area (TPSA) is 37.3 Å². The second kappa shape index (κ2) is 15.9. The van der Waals surface area contributed by atoms with Crippen LogP contribution in [0.2, 0.25) is 0 Å². The van der Waals surface area contributed by atoms with Crippen LogP contribution in [0.4, 0.5) is 0 Å². The van der Waals surface area contributed by atoms with Gasteiger partial charge in [0.1, 0.15) is 0 Å². The Kier molecular flexibility index (Phi) is 13.9. The third kappa shape index (κ3) is 13.0. The molecule has 1 aromatic carbocycles. The zero-order valence-electron chi connectivity index (χ0n) is 16.9. The molecule has 2 nitrogen and oxygen atoms in total. The fourth-order valence-electron chi connectivity index (χ4n) is 3.84. The van der Waals surface area contributed by atoms with Crippen LogP contribution in [0.5, 0.6) is 0 Å². The number of benzene rings is 1. The maximum Gasteiger partial charge on any atom is 0.303 e. The van der Waals surface area contributed by atoms with Gasteiger partial charge in [-0.3, -0.25) is 4.79 Å². The molecule has 0 fully saturated rings. The van der Waals surface area contributed by atoms with Crippen LogP contribution in [0.25, 0.3) is 0 Å². The van der Waals surface area contributed by atoms with Crippen LogP contribution >= 0.6 is 0 Å². The number of hydrogen-bond acceptors (Lipinski definition) is 1. The molecular weight excluding hydrogens is 320 g/mol. The summed E-state index contributed by atoms with van der Waals surface area (Å²) < 4.78 is 0. The minimum absolute atomic E-state index is 0.336. The van der Waals surface area contributed by atoms with E-state index in [0.29, 0.717) is 6.42 Å². The molecule has 1 atom stereocenters. The van der Waals surface area contributed by atoms with Gasteiger partial charge in [0, 0.05) is 6.42 Å². The van der Waals surface area contributed by atoms with Crippen LogP contribution in [0, 0.1) is 5.92 Å². The van der Waals surface area contributed by atoms with E-state index in [-0.39, 0.29) is 0 Å². The summed E-state index contributed by atoms with van der Waals surface area (Å²) in [6, 6.07) is 10.8. The average Bonchev–Trinajstić information content (AvgIpc) is 2.64. The molecule has 1 rings (SSSR count). The summed E-state index contributed by atoms with van der Waals surface area (Å²) >= 11 is 0. The van der Waals surface area contributed by atoms with Gasteiger partial charge in [-0.25, -0.2) is 0 Å². The number of rotatable bonds is 17. The van der Waals surface area contributed by atoms with Crippen molar-refractivity contribution in [2.24, 2.45) is 5.92 Å². The van der Waals surface area contributed by atoms with E-state index >= 15 is 0 Å². The summed E-state index contributed by atoms with van der Waals surface area (Å²) in [5.41, 5.74) is 1.47. The Labute approximate surface area is 161 Å². The molecule has 0 saturated carbocycles. The lowest BCUT2D eigenvalue weighted by atomic mass is 9.90. The van der Waals surface area contributed by atoms with Crippen molar-refractivity contribution < 1.29 is 9.90 Å². The predicted octanol–water partition coefficient (Wildman–Crippen LogP) is 7.41. The van der Waals surface area contributed by atoms with Crippen LogP contribution < -0.4 is 0 Å².